The number of carbonyl (C=O) groups is 4. The average Bonchev–Trinajstić information content (AvgIpc) is 3.36. The molecule has 3 amide bonds. The number of hydrogen-bond donors (Lipinski definition) is 1. The highest BCUT2D eigenvalue weighted by Crippen LogP contribution is 2.44. The fourth-order valence-electron chi connectivity index (χ4n) is 4.61. The number of fused-ring (bicyclic) bond motifs is 1. The minimum absolute atomic E-state index is 0.0450. The Kier molecular flexibility index (Phi) is 4.48. The Morgan fingerprint density at radius 3 is 2.07 bits per heavy atom. The Hall–Kier alpha value is -2.70. The van der Waals surface area contributed by atoms with E-state index >= 15 is 0 Å². The zero-order valence-electron chi connectivity index (χ0n) is 16.0. The summed E-state index contributed by atoms with van der Waals surface area (Å²) in [6.07, 6.45) is 2.00. The smallest absolute Gasteiger partial charge is 0.308 e. The summed E-state index contributed by atoms with van der Waals surface area (Å²) in [7, 11) is 0. The number of benzene rings is 1. The lowest BCUT2D eigenvalue weighted by molar-refractivity contribution is -0.143. The average molecular weight is 384 g/mol. The standard InChI is InChI=1S/C21H24N2O5/c1-11(2)17(23-18(24)13-5-3-4-6-14(13)19(23)25)20(26)22-9-15(12-7-8-12)16(10-22)21(27)28/h3-6,11-12,15-17H,7-10H2,1-2H3,(H,27,28)/t15-,16+,17?/m1/s1. The molecule has 1 N–H and O–H groups in total. The predicted octanol–water partition coefficient (Wildman–Crippen LogP) is 1.88. The van der Waals surface area contributed by atoms with Gasteiger partial charge in [0.15, 0.2) is 0 Å². The third kappa shape index (κ3) is 2.89. The van der Waals surface area contributed by atoms with E-state index in [1.165, 1.54) is 0 Å². The van der Waals surface area contributed by atoms with Gasteiger partial charge >= 0.3 is 5.97 Å². The fourth-order valence-corrected chi connectivity index (χ4v) is 4.61. The molecule has 0 radical (unpaired) electrons. The number of aliphatic carboxylic acids is 1. The van der Waals surface area contributed by atoms with Crippen LogP contribution in [0.25, 0.3) is 0 Å². The van der Waals surface area contributed by atoms with Crippen molar-refractivity contribution in [2.45, 2.75) is 32.7 Å². The SMILES string of the molecule is CC(C)C(C(=O)N1C[C@H](C(=O)O)[C@@H](C2CC2)C1)N1C(=O)c2ccccc2C1=O. The summed E-state index contributed by atoms with van der Waals surface area (Å²) in [6, 6.07) is 5.64. The van der Waals surface area contributed by atoms with E-state index in [0.29, 0.717) is 23.6 Å². The van der Waals surface area contributed by atoms with Crippen molar-refractivity contribution in [1.82, 2.24) is 9.80 Å². The summed E-state index contributed by atoms with van der Waals surface area (Å²) in [4.78, 5) is 53.4. The van der Waals surface area contributed by atoms with Crippen LogP contribution in [0.2, 0.25) is 0 Å². The maximum absolute atomic E-state index is 13.4. The molecule has 0 spiro atoms. The van der Waals surface area contributed by atoms with Crippen LogP contribution in [0.15, 0.2) is 24.3 Å². The van der Waals surface area contributed by atoms with Crippen molar-refractivity contribution in [3.05, 3.63) is 35.4 Å². The van der Waals surface area contributed by atoms with Crippen LogP contribution in [-0.2, 0) is 9.59 Å². The van der Waals surface area contributed by atoms with Crippen molar-refractivity contribution in [3.63, 3.8) is 0 Å². The van der Waals surface area contributed by atoms with Gasteiger partial charge in [-0.3, -0.25) is 24.1 Å². The van der Waals surface area contributed by atoms with E-state index in [9.17, 15) is 24.3 Å². The van der Waals surface area contributed by atoms with Crippen molar-refractivity contribution >= 4 is 23.7 Å². The van der Waals surface area contributed by atoms with Crippen LogP contribution in [0, 0.1) is 23.7 Å². The lowest BCUT2D eigenvalue weighted by Crippen LogP contribution is -2.53. The Balaban J connectivity index is 1.61. The molecule has 1 unspecified atom stereocenters. The van der Waals surface area contributed by atoms with Gasteiger partial charge < -0.3 is 10.0 Å². The molecule has 2 heterocycles. The molecule has 2 fully saturated rings. The van der Waals surface area contributed by atoms with Crippen molar-refractivity contribution in [3.8, 4) is 0 Å². The molecule has 3 aliphatic rings. The molecule has 148 valence electrons. The Labute approximate surface area is 163 Å². The third-order valence-electron chi connectivity index (χ3n) is 6.21. The van der Waals surface area contributed by atoms with Crippen molar-refractivity contribution in [2.24, 2.45) is 23.7 Å². The highest BCUT2D eigenvalue weighted by atomic mass is 16.4. The number of carboxylic acid groups (broad SMARTS) is 1. The van der Waals surface area contributed by atoms with Gasteiger partial charge in [-0.15, -0.1) is 0 Å². The van der Waals surface area contributed by atoms with Gasteiger partial charge in [0.1, 0.15) is 6.04 Å². The second-order valence-corrected chi connectivity index (χ2v) is 8.40. The van der Waals surface area contributed by atoms with E-state index in [1.807, 2.05) is 0 Å². The molecule has 1 aromatic rings. The molecule has 1 saturated heterocycles. The molecular formula is C21H24N2O5. The van der Waals surface area contributed by atoms with Crippen LogP contribution in [0.1, 0.15) is 47.4 Å². The number of rotatable bonds is 5. The second-order valence-electron chi connectivity index (χ2n) is 8.40. The fraction of sp³-hybridized carbons (Fsp3) is 0.524. The minimum atomic E-state index is -0.931. The van der Waals surface area contributed by atoms with E-state index < -0.39 is 29.7 Å². The number of hydrogen-bond acceptors (Lipinski definition) is 4. The lowest BCUT2D eigenvalue weighted by atomic mass is 9.92. The number of carboxylic acids is 1. The second kappa shape index (κ2) is 6.72. The first-order chi connectivity index (χ1) is 13.3. The van der Waals surface area contributed by atoms with Crippen molar-refractivity contribution < 1.29 is 24.3 Å². The summed E-state index contributed by atoms with van der Waals surface area (Å²) < 4.78 is 0. The van der Waals surface area contributed by atoms with E-state index in [4.69, 9.17) is 0 Å². The van der Waals surface area contributed by atoms with Crippen LogP contribution in [0.4, 0.5) is 0 Å². The maximum atomic E-state index is 13.4. The van der Waals surface area contributed by atoms with Crippen LogP contribution in [-0.4, -0.2) is 57.7 Å². The van der Waals surface area contributed by atoms with Gasteiger partial charge in [0.05, 0.1) is 17.0 Å². The monoisotopic (exact) mass is 384 g/mol. The molecule has 1 saturated carbocycles. The quantitative estimate of drug-likeness (QED) is 0.782. The normalized spacial score (nSPS) is 25.4. The van der Waals surface area contributed by atoms with Gasteiger partial charge in [-0.25, -0.2) is 0 Å². The van der Waals surface area contributed by atoms with Gasteiger partial charge in [0, 0.05) is 13.1 Å². The Morgan fingerprint density at radius 1 is 1.04 bits per heavy atom. The van der Waals surface area contributed by atoms with Crippen LogP contribution >= 0.6 is 0 Å². The summed E-state index contributed by atoms with van der Waals surface area (Å²) in [5.74, 6) is -2.68. The number of imide groups is 1. The topological polar surface area (TPSA) is 95.0 Å². The lowest BCUT2D eigenvalue weighted by Gasteiger charge is -2.32. The summed E-state index contributed by atoms with van der Waals surface area (Å²) >= 11 is 0. The maximum Gasteiger partial charge on any atom is 0.308 e. The third-order valence-corrected chi connectivity index (χ3v) is 6.21. The molecule has 1 aromatic carbocycles. The molecule has 4 rings (SSSR count). The van der Waals surface area contributed by atoms with Crippen LogP contribution in [0.3, 0.4) is 0 Å². The zero-order valence-corrected chi connectivity index (χ0v) is 16.0. The largest absolute Gasteiger partial charge is 0.481 e. The van der Waals surface area contributed by atoms with Crippen molar-refractivity contribution in [1.29, 1.82) is 0 Å². The van der Waals surface area contributed by atoms with Gasteiger partial charge in [-0.2, -0.15) is 0 Å². The number of nitrogens with zero attached hydrogens (tertiary/aromatic N) is 2. The molecule has 3 atom stereocenters. The molecule has 0 aromatic heterocycles. The van der Waals surface area contributed by atoms with Gasteiger partial charge in [-0.05, 0) is 42.7 Å². The first kappa shape index (κ1) is 18.7. The van der Waals surface area contributed by atoms with Crippen LogP contribution < -0.4 is 0 Å². The number of likely N-dealkylation sites (tertiary alicyclic amines) is 1. The molecular weight excluding hydrogens is 360 g/mol. The highest BCUT2D eigenvalue weighted by molar-refractivity contribution is 6.22. The van der Waals surface area contributed by atoms with E-state index in [0.717, 1.165) is 17.7 Å². The molecule has 28 heavy (non-hydrogen) atoms. The zero-order chi connectivity index (χ0) is 20.2. The van der Waals surface area contributed by atoms with Gasteiger partial charge in [0.2, 0.25) is 5.91 Å². The summed E-state index contributed by atoms with van der Waals surface area (Å²) in [5.41, 5.74) is 0.623. The Bertz CT molecular complexity index is 825. The molecule has 2 aliphatic heterocycles. The van der Waals surface area contributed by atoms with E-state index in [2.05, 4.69) is 0 Å². The minimum Gasteiger partial charge on any atom is -0.481 e. The van der Waals surface area contributed by atoms with Crippen LogP contribution in [0.5, 0.6) is 0 Å². The highest BCUT2D eigenvalue weighted by Gasteiger charge is 2.50. The van der Waals surface area contributed by atoms with Gasteiger partial charge in [0.25, 0.3) is 11.8 Å². The van der Waals surface area contributed by atoms with E-state index in [1.54, 1.807) is 43.0 Å². The summed E-state index contributed by atoms with van der Waals surface area (Å²) in [5, 5.41) is 9.57. The predicted molar refractivity (Wildman–Crippen MR) is 99.5 cm³/mol. The number of amides is 3. The molecule has 7 nitrogen and oxygen atoms in total. The first-order valence-corrected chi connectivity index (χ1v) is 9.79. The van der Waals surface area contributed by atoms with Crippen molar-refractivity contribution in [2.75, 3.05) is 13.1 Å². The number of carbonyl (C=O) groups excluding carboxylic acids is 3. The molecule has 7 heteroatoms. The molecule has 0 bridgehead atoms. The summed E-state index contributed by atoms with van der Waals surface area (Å²) in [6.45, 7) is 4.12. The van der Waals surface area contributed by atoms with E-state index in [-0.39, 0.29) is 24.3 Å². The Morgan fingerprint density at radius 2 is 1.61 bits per heavy atom. The molecule has 1 aliphatic carbocycles. The van der Waals surface area contributed by atoms with Gasteiger partial charge in [-0.1, -0.05) is 26.0 Å². The first-order valence-electron chi connectivity index (χ1n) is 9.79.